The lowest BCUT2D eigenvalue weighted by atomic mass is 9.55. The Balaban J connectivity index is 1.35. The lowest BCUT2D eigenvalue weighted by Gasteiger charge is -2.54. The number of nitrogens with zero attached hydrogens (tertiary/aromatic N) is 3. The molecule has 7 rings (SSSR count). The number of fused-ring (bicyclic) bond motifs is 4. The molecule has 6 heteroatoms. The maximum atomic E-state index is 6.51. The van der Waals surface area contributed by atoms with E-state index in [1.165, 1.54) is 30.5 Å². The van der Waals surface area contributed by atoms with Gasteiger partial charge in [0.2, 0.25) is 5.88 Å². The van der Waals surface area contributed by atoms with Crippen molar-refractivity contribution in [3.05, 3.63) is 47.8 Å². The number of aromatic nitrogens is 3. The van der Waals surface area contributed by atoms with Gasteiger partial charge in [-0.3, -0.25) is 4.98 Å². The van der Waals surface area contributed by atoms with Crippen molar-refractivity contribution < 1.29 is 14.2 Å². The van der Waals surface area contributed by atoms with E-state index in [4.69, 9.17) is 24.2 Å². The van der Waals surface area contributed by atoms with Crippen molar-refractivity contribution in [1.29, 1.82) is 0 Å². The van der Waals surface area contributed by atoms with E-state index in [2.05, 4.69) is 31.0 Å². The molecule has 1 aliphatic heterocycles. The van der Waals surface area contributed by atoms with Crippen LogP contribution in [-0.2, 0) is 21.3 Å². The van der Waals surface area contributed by atoms with Crippen molar-refractivity contribution >= 4 is 10.9 Å². The van der Waals surface area contributed by atoms with Crippen molar-refractivity contribution in [1.82, 2.24) is 15.0 Å². The van der Waals surface area contributed by atoms with E-state index >= 15 is 0 Å². The monoisotopic (exact) mass is 485 g/mol. The number of hydrogen-bond acceptors (Lipinski definition) is 6. The average Bonchev–Trinajstić information content (AvgIpc) is 3.35. The van der Waals surface area contributed by atoms with Gasteiger partial charge in [-0.25, -0.2) is 4.98 Å². The second-order valence-electron chi connectivity index (χ2n) is 11.5. The zero-order valence-corrected chi connectivity index (χ0v) is 21.3. The zero-order valence-electron chi connectivity index (χ0n) is 21.3. The van der Waals surface area contributed by atoms with Gasteiger partial charge in [-0.2, -0.15) is 4.98 Å². The molecule has 0 bridgehead atoms. The van der Waals surface area contributed by atoms with Gasteiger partial charge in [-0.15, -0.1) is 0 Å². The van der Waals surface area contributed by atoms with Gasteiger partial charge in [-0.05, 0) is 56.1 Å². The van der Waals surface area contributed by atoms with Crippen molar-refractivity contribution in [2.45, 2.75) is 70.0 Å². The summed E-state index contributed by atoms with van der Waals surface area (Å²) in [5.41, 5.74) is 4.30. The van der Waals surface area contributed by atoms with Gasteiger partial charge in [0.05, 0.1) is 31.0 Å². The van der Waals surface area contributed by atoms with Crippen LogP contribution in [0.1, 0.15) is 63.6 Å². The van der Waals surface area contributed by atoms with E-state index in [1.807, 2.05) is 24.4 Å². The minimum Gasteiger partial charge on any atom is -0.477 e. The van der Waals surface area contributed by atoms with Crippen LogP contribution in [0, 0.1) is 17.8 Å². The fraction of sp³-hybridized carbons (Fsp3) is 0.567. The van der Waals surface area contributed by atoms with Crippen LogP contribution in [0.5, 0.6) is 5.88 Å². The molecule has 1 spiro atoms. The van der Waals surface area contributed by atoms with Gasteiger partial charge in [0.15, 0.2) is 11.6 Å². The van der Waals surface area contributed by atoms with Crippen molar-refractivity contribution in [3.63, 3.8) is 0 Å². The summed E-state index contributed by atoms with van der Waals surface area (Å²) >= 11 is 0. The molecule has 0 unspecified atom stereocenters. The molecule has 188 valence electrons. The minimum atomic E-state index is -0.428. The summed E-state index contributed by atoms with van der Waals surface area (Å²) in [7, 11) is 0. The maximum Gasteiger partial charge on any atom is 0.220 e. The smallest absolute Gasteiger partial charge is 0.220 e. The van der Waals surface area contributed by atoms with E-state index in [1.54, 1.807) is 0 Å². The predicted molar refractivity (Wildman–Crippen MR) is 138 cm³/mol. The Morgan fingerprint density at radius 1 is 1.03 bits per heavy atom. The fourth-order valence-electron chi connectivity index (χ4n) is 7.29. The van der Waals surface area contributed by atoms with Crippen molar-refractivity contribution in [2.75, 3.05) is 19.8 Å². The van der Waals surface area contributed by atoms with Crippen molar-refractivity contribution in [3.8, 4) is 17.3 Å². The molecule has 36 heavy (non-hydrogen) atoms. The van der Waals surface area contributed by atoms with E-state index in [0.29, 0.717) is 31.0 Å². The van der Waals surface area contributed by atoms with E-state index < -0.39 is 5.79 Å². The van der Waals surface area contributed by atoms with Gasteiger partial charge in [-0.1, -0.05) is 38.5 Å². The summed E-state index contributed by atoms with van der Waals surface area (Å²) < 4.78 is 19.0. The number of hydrogen-bond donors (Lipinski definition) is 0. The van der Waals surface area contributed by atoms with Gasteiger partial charge < -0.3 is 14.2 Å². The lowest BCUT2D eigenvalue weighted by Crippen LogP contribution is -2.55. The van der Waals surface area contributed by atoms with Crippen LogP contribution in [0.25, 0.3) is 22.3 Å². The molecule has 3 heterocycles. The number of ether oxygens (including phenoxy) is 3. The molecular formula is C30H35N3O3. The van der Waals surface area contributed by atoms with Gasteiger partial charge in [0.25, 0.3) is 0 Å². The first-order valence-corrected chi connectivity index (χ1v) is 13.7. The summed E-state index contributed by atoms with van der Waals surface area (Å²) in [6.45, 7) is 6.88. The Kier molecular flexibility index (Phi) is 5.33. The zero-order chi connectivity index (χ0) is 24.3. The Morgan fingerprint density at radius 2 is 1.86 bits per heavy atom. The quantitative estimate of drug-likeness (QED) is 0.461. The first-order chi connectivity index (χ1) is 17.6. The van der Waals surface area contributed by atoms with Crippen LogP contribution in [0.4, 0.5) is 0 Å². The lowest BCUT2D eigenvalue weighted by molar-refractivity contribution is -0.234. The van der Waals surface area contributed by atoms with E-state index in [9.17, 15) is 0 Å². The van der Waals surface area contributed by atoms with Crippen LogP contribution in [-0.4, -0.2) is 40.6 Å². The van der Waals surface area contributed by atoms with Crippen LogP contribution >= 0.6 is 0 Å². The highest BCUT2D eigenvalue weighted by molar-refractivity contribution is 5.92. The molecule has 3 aliphatic carbocycles. The molecule has 4 aliphatic rings. The summed E-state index contributed by atoms with van der Waals surface area (Å²) in [5.74, 6) is 2.52. The fourth-order valence-corrected chi connectivity index (χ4v) is 7.29. The summed E-state index contributed by atoms with van der Waals surface area (Å²) in [5, 5.41) is 1.08. The minimum absolute atomic E-state index is 0.0668. The molecule has 0 N–H and O–H groups in total. The topological polar surface area (TPSA) is 66.4 Å². The molecule has 2 saturated carbocycles. The molecule has 1 aromatic carbocycles. The van der Waals surface area contributed by atoms with Crippen molar-refractivity contribution in [2.24, 2.45) is 17.8 Å². The molecule has 0 amide bonds. The number of benzene rings is 1. The molecule has 3 atom stereocenters. The average molecular weight is 486 g/mol. The first kappa shape index (κ1) is 22.6. The molecule has 2 aromatic heterocycles. The largest absolute Gasteiger partial charge is 0.477 e. The SMILES string of the molecule is C[C@@H]1[C@H]2CCc3c(OCC4CCC4)nc(-c4ccnc5ccccc45)nc3[C@]2(C)CCC12OCCO2. The van der Waals surface area contributed by atoms with Crippen LogP contribution in [0.2, 0.25) is 0 Å². The number of pyridine rings is 1. The second kappa shape index (κ2) is 8.49. The second-order valence-corrected chi connectivity index (χ2v) is 11.5. The van der Waals surface area contributed by atoms with Gasteiger partial charge in [0, 0.05) is 40.5 Å². The third-order valence-electron chi connectivity index (χ3n) is 9.67. The standard InChI is InChI=1S/C30H35N3O3/c1-19-24-11-10-23-26(29(24,2)13-14-30(19)35-16-17-36-30)32-27(33-28(23)34-18-20-6-5-7-20)22-12-15-31-25-9-4-3-8-21(22)25/h3-4,8-9,12,15,19-20,24H,5-7,10-11,13-14,16-18H2,1-2H3/t19-,24-,29-/m1/s1. The highest BCUT2D eigenvalue weighted by atomic mass is 16.7. The highest BCUT2D eigenvalue weighted by Crippen LogP contribution is 2.57. The molecule has 6 nitrogen and oxygen atoms in total. The third kappa shape index (κ3) is 3.41. The number of para-hydroxylation sites is 1. The Labute approximate surface area is 212 Å². The molecular weight excluding hydrogens is 450 g/mol. The van der Waals surface area contributed by atoms with Crippen LogP contribution in [0.15, 0.2) is 36.5 Å². The Bertz CT molecular complexity index is 1290. The van der Waals surface area contributed by atoms with Crippen LogP contribution in [0.3, 0.4) is 0 Å². The molecule has 1 saturated heterocycles. The van der Waals surface area contributed by atoms with E-state index in [0.717, 1.165) is 60.5 Å². The normalized spacial score (nSPS) is 29.1. The molecule has 3 aromatic rings. The van der Waals surface area contributed by atoms with Gasteiger partial charge >= 0.3 is 0 Å². The summed E-state index contributed by atoms with van der Waals surface area (Å²) in [4.78, 5) is 15.0. The van der Waals surface area contributed by atoms with Crippen LogP contribution < -0.4 is 4.74 Å². The van der Waals surface area contributed by atoms with Gasteiger partial charge in [0.1, 0.15) is 0 Å². The third-order valence-corrected chi connectivity index (χ3v) is 9.67. The summed E-state index contributed by atoms with van der Waals surface area (Å²) in [6, 6.07) is 10.3. The van der Waals surface area contributed by atoms with E-state index in [-0.39, 0.29) is 5.41 Å². The maximum absolute atomic E-state index is 6.51. The Morgan fingerprint density at radius 3 is 2.67 bits per heavy atom. The summed E-state index contributed by atoms with van der Waals surface area (Å²) in [6.07, 6.45) is 9.60. The predicted octanol–water partition coefficient (Wildman–Crippen LogP) is 5.86. The first-order valence-electron chi connectivity index (χ1n) is 13.7. The highest BCUT2D eigenvalue weighted by Gasteiger charge is 2.58. The number of rotatable bonds is 4. The Hall–Kier alpha value is -2.57. The molecule has 3 fully saturated rings. The molecule has 0 radical (unpaired) electrons.